The molecule has 3 aromatic rings. The van der Waals surface area contributed by atoms with Gasteiger partial charge in [0.25, 0.3) is 0 Å². The molecular weight excluding hydrogens is 471 g/mol. The van der Waals surface area contributed by atoms with Crippen molar-refractivity contribution in [3.63, 3.8) is 0 Å². The number of benzene rings is 2. The molecule has 0 saturated carbocycles. The monoisotopic (exact) mass is 492 g/mol. The molecule has 10 heteroatoms. The molecule has 0 unspecified atom stereocenters. The van der Waals surface area contributed by atoms with Gasteiger partial charge in [-0.05, 0) is 54.3 Å². The Bertz CT molecular complexity index is 1270. The molecule has 0 radical (unpaired) electrons. The Hall–Kier alpha value is -3.23. The number of hydrogen-bond acceptors (Lipinski definition) is 5. The summed E-state index contributed by atoms with van der Waals surface area (Å²) in [6.07, 6.45) is 4.36. The zero-order valence-corrected chi connectivity index (χ0v) is 19.3. The molecule has 1 aromatic heterocycles. The summed E-state index contributed by atoms with van der Waals surface area (Å²) in [7, 11) is 0. The highest BCUT2D eigenvalue weighted by Gasteiger charge is 2.14. The molecule has 0 fully saturated rings. The van der Waals surface area contributed by atoms with E-state index in [4.69, 9.17) is 37.6 Å². The van der Waals surface area contributed by atoms with Gasteiger partial charge in [0.05, 0.1) is 6.54 Å². The van der Waals surface area contributed by atoms with Crippen LogP contribution in [0.2, 0.25) is 10.0 Å². The molecule has 3 rings (SSSR count). The minimum absolute atomic E-state index is 0.0191. The van der Waals surface area contributed by atoms with Crippen molar-refractivity contribution in [1.82, 2.24) is 9.31 Å². The molecule has 0 saturated heterocycles. The molecule has 2 aromatic carbocycles. The first kappa shape index (κ1) is 24.4. The molecule has 0 amide bonds. The highest BCUT2D eigenvalue weighted by Crippen LogP contribution is 2.30. The Morgan fingerprint density at radius 2 is 1.85 bits per heavy atom. The fraction of sp³-hybridized carbons (Fsp3) is 0.261. The molecule has 0 bridgehead atoms. The third kappa shape index (κ3) is 6.63. The summed E-state index contributed by atoms with van der Waals surface area (Å²) < 4.78 is 12.2. The minimum Gasteiger partial charge on any atom is -0.480 e. The molecule has 8 nitrogen and oxygen atoms in total. The summed E-state index contributed by atoms with van der Waals surface area (Å²) in [6.45, 7) is 1.29. The lowest BCUT2D eigenvalue weighted by Gasteiger charge is -2.11. The summed E-state index contributed by atoms with van der Waals surface area (Å²) in [4.78, 5) is 35.0. The number of rotatable bonds is 10. The topological polar surface area (TPSA) is 104 Å². The zero-order chi connectivity index (χ0) is 24.0. The molecule has 0 aliphatic heterocycles. The summed E-state index contributed by atoms with van der Waals surface area (Å²) in [5.41, 5.74) is 0.977. The summed E-state index contributed by atoms with van der Waals surface area (Å²) in [6, 6.07) is 12.3. The van der Waals surface area contributed by atoms with Crippen molar-refractivity contribution < 1.29 is 19.2 Å². The van der Waals surface area contributed by atoms with Crippen LogP contribution in [-0.2, 0) is 17.9 Å². The Balaban J connectivity index is 1.88. The summed E-state index contributed by atoms with van der Waals surface area (Å²) in [5.74, 6) is -1.25. The molecule has 0 aliphatic rings. The highest BCUT2D eigenvalue weighted by atomic mass is 35.5. The highest BCUT2D eigenvalue weighted by molar-refractivity contribution is 6.34. The SMILES string of the molecule is CCCC/C(=C\Cn1oc(=O)n(CC(=O)O)c1=O)c1cccc(Oc2cc(Cl)cc(Cl)c2)c1. The van der Waals surface area contributed by atoms with E-state index in [0.717, 1.165) is 35.1 Å². The van der Waals surface area contributed by atoms with Crippen molar-refractivity contribution in [2.75, 3.05) is 0 Å². The Morgan fingerprint density at radius 3 is 2.52 bits per heavy atom. The minimum atomic E-state index is -1.31. The van der Waals surface area contributed by atoms with Gasteiger partial charge >= 0.3 is 17.4 Å². The van der Waals surface area contributed by atoms with E-state index in [1.54, 1.807) is 30.3 Å². The van der Waals surface area contributed by atoms with Crippen molar-refractivity contribution in [1.29, 1.82) is 0 Å². The summed E-state index contributed by atoms with van der Waals surface area (Å²) in [5, 5.41) is 9.78. The Morgan fingerprint density at radius 1 is 1.12 bits per heavy atom. The van der Waals surface area contributed by atoms with E-state index >= 15 is 0 Å². The van der Waals surface area contributed by atoms with Gasteiger partial charge in [-0.15, -0.1) is 4.74 Å². The van der Waals surface area contributed by atoms with Crippen LogP contribution >= 0.6 is 23.2 Å². The maximum atomic E-state index is 12.3. The standard InChI is InChI=1S/C23H22Cl2N2O6/c1-2-3-5-15(8-9-27-22(30)26(14-21(28)29)23(31)33-27)16-6-4-7-19(10-16)32-20-12-17(24)11-18(25)13-20/h4,6-8,10-13H,2-3,5,9,14H2,1H3,(H,28,29)/b15-8+. The second-order valence-corrected chi connectivity index (χ2v) is 8.12. The second kappa shape index (κ2) is 11.1. The predicted octanol–water partition coefficient (Wildman–Crippen LogP) is 5.06. The number of nitrogens with zero attached hydrogens (tertiary/aromatic N) is 2. The van der Waals surface area contributed by atoms with E-state index in [1.165, 1.54) is 0 Å². The number of carboxylic acid groups (broad SMARTS) is 1. The van der Waals surface area contributed by atoms with Crippen molar-refractivity contribution in [3.05, 3.63) is 85.2 Å². The van der Waals surface area contributed by atoms with E-state index in [0.29, 0.717) is 26.1 Å². The number of carbonyl (C=O) groups is 1. The number of halogens is 2. The van der Waals surface area contributed by atoms with Crippen LogP contribution in [0.1, 0.15) is 31.7 Å². The van der Waals surface area contributed by atoms with Gasteiger partial charge in [0.2, 0.25) is 0 Å². The van der Waals surface area contributed by atoms with Crippen LogP contribution in [0.4, 0.5) is 0 Å². The molecule has 0 aliphatic carbocycles. The third-order valence-corrected chi connectivity index (χ3v) is 5.16. The van der Waals surface area contributed by atoms with Gasteiger partial charge < -0.3 is 14.4 Å². The maximum absolute atomic E-state index is 12.3. The Kier molecular flexibility index (Phi) is 8.19. The first-order valence-corrected chi connectivity index (χ1v) is 11.0. The van der Waals surface area contributed by atoms with Crippen molar-refractivity contribution in [2.24, 2.45) is 0 Å². The van der Waals surface area contributed by atoms with E-state index < -0.39 is 24.0 Å². The summed E-state index contributed by atoms with van der Waals surface area (Å²) >= 11 is 12.1. The smallest absolute Gasteiger partial charge is 0.443 e. The first-order chi connectivity index (χ1) is 15.8. The van der Waals surface area contributed by atoms with Crippen molar-refractivity contribution in [2.45, 2.75) is 39.3 Å². The molecule has 0 spiro atoms. The fourth-order valence-corrected chi connectivity index (χ4v) is 3.69. The van der Waals surface area contributed by atoms with Crippen LogP contribution in [0.25, 0.3) is 5.57 Å². The van der Waals surface area contributed by atoms with Gasteiger partial charge in [-0.25, -0.2) is 14.2 Å². The molecule has 1 N–H and O–H groups in total. The van der Waals surface area contributed by atoms with Crippen LogP contribution in [0, 0.1) is 0 Å². The quantitative estimate of drug-likeness (QED) is 0.424. The average Bonchev–Trinajstić information content (AvgIpc) is 3.00. The Labute approximate surface area is 199 Å². The molecule has 174 valence electrons. The predicted molar refractivity (Wildman–Crippen MR) is 125 cm³/mol. The van der Waals surface area contributed by atoms with Crippen LogP contribution in [0.5, 0.6) is 11.5 Å². The van der Waals surface area contributed by atoms with Gasteiger partial charge in [0.15, 0.2) is 0 Å². The number of unbranched alkanes of at least 4 members (excludes halogenated alkanes) is 1. The van der Waals surface area contributed by atoms with Crippen LogP contribution in [0.15, 0.2) is 62.7 Å². The van der Waals surface area contributed by atoms with Gasteiger partial charge in [0.1, 0.15) is 18.0 Å². The van der Waals surface area contributed by atoms with Gasteiger partial charge in [-0.2, -0.15) is 0 Å². The molecule has 0 atom stereocenters. The van der Waals surface area contributed by atoms with Gasteiger partial charge in [-0.1, -0.05) is 54.8 Å². The third-order valence-electron chi connectivity index (χ3n) is 4.73. The second-order valence-electron chi connectivity index (χ2n) is 7.25. The maximum Gasteiger partial charge on any atom is 0.443 e. The molecular formula is C23H22Cl2N2O6. The largest absolute Gasteiger partial charge is 0.480 e. The van der Waals surface area contributed by atoms with E-state index in [9.17, 15) is 14.4 Å². The van der Waals surface area contributed by atoms with Crippen LogP contribution in [-0.4, -0.2) is 20.4 Å². The van der Waals surface area contributed by atoms with E-state index in [-0.39, 0.29) is 6.54 Å². The van der Waals surface area contributed by atoms with E-state index in [1.807, 2.05) is 18.2 Å². The zero-order valence-electron chi connectivity index (χ0n) is 17.8. The average molecular weight is 493 g/mol. The van der Waals surface area contributed by atoms with Gasteiger partial charge in [-0.3, -0.25) is 4.79 Å². The normalized spacial score (nSPS) is 11.5. The molecule has 33 heavy (non-hydrogen) atoms. The number of aliphatic carboxylic acids is 1. The number of ether oxygens (including phenoxy) is 1. The molecule has 1 heterocycles. The lowest BCUT2D eigenvalue weighted by Crippen LogP contribution is -2.31. The number of allylic oxidation sites excluding steroid dienone is 2. The van der Waals surface area contributed by atoms with Crippen LogP contribution in [0.3, 0.4) is 0 Å². The van der Waals surface area contributed by atoms with Gasteiger partial charge in [0, 0.05) is 10.0 Å². The first-order valence-electron chi connectivity index (χ1n) is 10.2. The van der Waals surface area contributed by atoms with Crippen LogP contribution < -0.4 is 16.2 Å². The lowest BCUT2D eigenvalue weighted by molar-refractivity contribution is -0.137. The fourth-order valence-electron chi connectivity index (χ4n) is 3.19. The van der Waals surface area contributed by atoms with Crippen molar-refractivity contribution >= 4 is 34.7 Å². The van der Waals surface area contributed by atoms with Crippen molar-refractivity contribution in [3.8, 4) is 11.5 Å². The van der Waals surface area contributed by atoms with E-state index in [2.05, 4.69) is 6.92 Å². The lowest BCUT2D eigenvalue weighted by atomic mass is 9.99. The number of aromatic nitrogens is 2. The number of carboxylic acids is 1. The number of hydrogen-bond donors (Lipinski definition) is 1.